The lowest BCUT2D eigenvalue weighted by Gasteiger charge is -2.13. The van der Waals surface area contributed by atoms with Crippen molar-refractivity contribution in [3.8, 4) is 33.4 Å². The summed E-state index contributed by atoms with van der Waals surface area (Å²) < 4.78 is 6.53. The number of para-hydroxylation sites is 1. The SMILES string of the molecule is C=NC(=NC(=NCc1ccccc1)c1ccccc1)c1cc(-c2cc(-c3ccccc3)cc(-c3ccccc3)c2)cc2oc3ccccc3c12. The summed E-state index contributed by atoms with van der Waals surface area (Å²) in [7, 11) is 0. The van der Waals surface area contributed by atoms with Gasteiger partial charge in [-0.15, -0.1) is 0 Å². The molecule has 0 fully saturated rings. The Morgan fingerprint density at radius 2 is 1.00 bits per heavy atom. The molecule has 0 atom stereocenters. The average molecular weight is 644 g/mol. The fourth-order valence-electron chi connectivity index (χ4n) is 6.40. The van der Waals surface area contributed by atoms with Gasteiger partial charge in [0.1, 0.15) is 11.2 Å². The molecule has 7 aromatic carbocycles. The van der Waals surface area contributed by atoms with Crippen LogP contribution in [0.25, 0.3) is 55.3 Å². The number of rotatable bonds is 7. The molecule has 0 aliphatic heterocycles. The average Bonchev–Trinajstić information content (AvgIpc) is 3.58. The van der Waals surface area contributed by atoms with Crippen LogP contribution in [0.5, 0.6) is 0 Å². The van der Waals surface area contributed by atoms with Crippen LogP contribution in [0.3, 0.4) is 0 Å². The van der Waals surface area contributed by atoms with Crippen LogP contribution in [0.4, 0.5) is 0 Å². The number of furan rings is 1. The second-order valence-corrected chi connectivity index (χ2v) is 12.1. The lowest BCUT2D eigenvalue weighted by atomic mass is 9.92. The number of aliphatic imine (C=N–C) groups is 3. The van der Waals surface area contributed by atoms with Gasteiger partial charge in [0.2, 0.25) is 0 Å². The van der Waals surface area contributed by atoms with Gasteiger partial charge in [-0.05, 0) is 82.1 Å². The van der Waals surface area contributed by atoms with Crippen LogP contribution in [-0.2, 0) is 6.54 Å². The van der Waals surface area contributed by atoms with E-state index in [4.69, 9.17) is 14.4 Å². The third-order valence-corrected chi connectivity index (χ3v) is 8.85. The summed E-state index contributed by atoms with van der Waals surface area (Å²) in [5, 5.41) is 1.93. The van der Waals surface area contributed by atoms with Crippen LogP contribution in [0.1, 0.15) is 16.7 Å². The first kappa shape index (κ1) is 30.7. The van der Waals surface area contributed by atoms with Gasteiger partial charge in [-0.2, -0.15) is 0 Å². The standard InChI is InChI=1S/C46H33N3O/c1-47-46(49-45(35-22-12-5-13-23-35)48-31-32-16-6-2-7-17-32)41-29-39(30-43-44(41)40-24-14-15-25-42(40)50-43)38-27-36(33-18-8-3-9-19-33)26-37(28-38)34-20-10-4-11-21-34/h2-30H,1,31H2. The van der Waals surface area contributed by atoms with Gasteiger partial charge in [-0.25, -0.2) is 9.98 Å². The Morgan fingerprint density at radius 3 is 1.62 bits per heavy atom. The third kappa shape index (κ3) is 6.30. The smallest absolute Gasteiger partial charge is 0.161 e. The number of fused-ring (bicyclic) bond motifs is 3. The molecule has 0 aliphatic carbocycles. The predicted octanol–water partition coefficient (Wildman–Crippen LogP) is 11.7. The molecule has 0 spiro atoms. The number of hydrogen-bond acceptors (Lipinski definition) is 2. The second kappa shape index (κ2) is 13.8. The summed E-state index contributed by atoms with van der Waals surface area (Å²) in [6.45, 7) is 4.50. The lowest BCUT2D eigenvalue weighted by molar-refractivity contribution is 0.669. The molecule has 1 heterocycles. The number of nitrogens with zero attached hydrogens (tertiary/aromatic N) is 3. The highest BCUT2D eigenvalue weighted by Crippen LogP contribution is 2.38. The van der Waals surface area contributed by atoms with Gasteiger partial charge in [0.25, 0.3) is 0 Å². The first-order valence-corrected chi connectivity index (χ1v) is 16.6. The summed E-state index contributed by atoms with van der Waals surface area (Å²) in [4.78, 5) is 14.7. The van der Waals surface area contributed by atoms with Gasteiger partial charge in [-0.1, -0.05) is 140 Å². The molecular formula is C46H33N3O. The van der Waals surface area contributed by atoms with Crippen molar-refractivity contribution >= 4 is 40.3 Å². The molecule has 0 amide bonds. The molecular weight excluding hydrogens is 611 g/mol. The molecule has 0 saturated heterocycles. The second-order valence-electron chi connectivity index (χ2n) is 12.1. The van der Waals surface area contributed by atoms with Crippen LogP contribution in [0.2, 0.25) is 0 Å². The van der Waals surface area contributed by atoms with Crippen molar-refractivity contribution in [2.24, 2.45) is 15.0 Å². The first-order valence-electron chi connectivity index (χ1n) is 16.6. The fourth-order valence-corrected chi connectivity index (χ4v) is 6.40. The summed E-state index contributed by atoms with van der Waals surface area (Å²) >= 11 is 0. The van der Waals surface area contributed by atoms with E-state index in [0.29, 0.717) is 18.2 Å². The van der Waals surface area contributed by atoms with E-state index in [1.165, 1.54) is 0 Å². The minimum Gasteiger partial charge on any atom is -0.456 e. The highest BCUT2D eigenvalue weighted by Gasteiger charge is 2.19. The third-order valence-electron chi connectivity index (χ3n) is 8.85. The number of benzene rings is 7. The Labute approximate surface area is 291 Å². The molecule has 0 aliphatic rings. The molecule has 0 N–H and O–H groups in total. The monoisotopic (exact) mass is 643 g/mol. The molecule has 8 rings (SSSR count). The minimum atomic E-state index is 0.474. The van der Waals surface area contributed by atoms with Crippen LogP contribution in [0.15, 0.2) is 195 Å². The Kier molecular flexibility index (Phi) is 8.49. The van der Waals surface area contributed by atoms with E-state index in [1.807, 2.05) is 78.9 Å². The van der Waals surface area contributed by atoms with Gasteiger partial charge >= 0.3 is 0 Å². The maximum atomic E-state index is 6.53. The molecule has 0 unspecified atom stereocenters. The van der Waals surface area contributed by atoms with E-state index in [2.05, 4.69) is 109 Å². The van der Waals surface area contributed by atoms with Gasteiger partial charge in [0, 0.05) is 21.9 Å². The van der Waals surface area contributed by atoms with E-state index >= 15 is 0 Å². The minimum absolute atomic E-state index is 0.474. The maximum absolute atomic E-state index is 6.53. The zero-order valence-corrected chi connectivity index (χ0v) is 27.4. The Hall–Kier alpha value is -6.65. The zero-order chi connectivity index (χ0) is 33.7. The van der Waals surface area contributed by atoms with Crippen molar-refractivity contribution in [2.45, 2.75) is 6.54 Å². The fraction of sp³-hybridized carbons (Fsp3) is 0.0217. The Balaban J connectivity index is 1.35. The number of hydrogen-bond donors (Lipinski definition) is 0. The maximum Gasteiger partial charge on any atom is 0.161 e. The predicted molar refractivity (Wildman–Crippen MR) is 209 cm³/mol. The molecule has 4 heteroatoms. The molecule has 8 aromatic rings. The van der Waals surface area contributed by atoms with Gasteiger partial charge in [0.05, 0.1) is 6.54 Å². The van der Waals surface area contributed by atoms with Crippen molar-refractivity contribution in [3.63, 3.8) is 0 Å². The molecule has 0 bridgehead atoms. The summed E-state index contributed by atoms with van der Waals surface area (Å²) in [5.41, 5.74) is 11.0. The van der Waals surface area contributed by atoms with E-state index in [9.17, 15) is 0 Å². The van der Waals surface area contributed by atoms with Gasteiger partial charge in [-0.3, -0.25) is 4.99 Å². The molecule has 238 valence electrons. The zero-order valence-electron chi connectivity index (χ0n) is 27.4. The van der Waals surface area contributed by atoms with Crippen LogP contribution >= 0.6 is 0 Å². The van der Waals surface area contributed by atoms with Crippen LogP contribution in [-0.4, -0.2) is 18.4 Å². The lowest BCUT2D eigenvalue weighted by Crippen LogP contribution is -2.06. The molecule has 0 saturated carbocycles. The Morgan fingerprint density at radius 1 is 0.480 bits per heavy atom. The van der Waals surface area contributed by atoms with E-state index in [0.717, 1.165) is 72.0 Å². The van der Waals surface area contributed by atoms with Gasteiger partial charge < -0.3 is 4.42 Å². The highest BCUT2D eigenvalue weighted by molar-refractivity contribution is 6.22. The van der Waals surface area contributed by atoms with Crippen LogP contribution in [0, 0.1) is 0 Å². The first-order chi connectivity index (χ1) is 24.7. The summed E-state index contributed by atoms with van der Waals surface area (Å²) in [6.07, 6.45) is 0. The van der Waals surface area contributed by atoms with E-state index in [-0.39, 0.29) is 0 Å². The number of amidine groups is 2. The summed E-state index contributed by atoms with van der Waals surface area (Å²) in [6, 6.07) is 60.3. The van der Waals surface area contributed by atoms with Crippen molar-refractivity contribution in [2.75, 3.05) is 0 Å². The van der Waals surface area contributed by atoms with Crippen molar-refractivity contribution in [1.82, 2.24) is 0 Å². The molecule has 4 nitrogen and oxygen atoms in total. The molecule has 50 heavy (non-hydrogen) atoms. The van der Waals surface area contributed by atoms with Gasteiger partial charge in [0.15, 0.2) is 11.7 Å². The van der Waals surface area contributed by atoms with E-state index < -0.39 is 0 Å². The van der Waals surface area contributed by atoms with Crippen molar-refractivity contribution in [3.05, 3.63) is 193 Å². The van der Waals surface area contributed by atoms with E-state index in [1.54, 1.807) is 0 Å². The topological polar surface area (TPSA) is 50.2 Å². The summed E-state index contributed by atoms with van der Waals surface area (Å²) in [5.74, 6) is 1.06. The largest absolute Gasteiger partial charge is 0.456 e. The molecule has 0 radical (unpaired) electrons. The van der Waals surface area contributed by atoms with Crippen molar-refractivity contribution < 1.29 is 4.42 Å². The Bertz CT molecular complexity index is 2440. The normalized spacial score (nSPS) is 12.0. The quantitative estimate of drug-likeness (QED) is 0.126. The van der Waals surface area contributed by atoms with Crippen molar-refractivity contribution in [1.29, 1.82) is 0 Å². The van der Waals surface area contributed by atoms with Crippen LogP contribution < -0.4 is 0 Å². The molecule has 1 aromatic heterocycles. The highest BCUT2D eigenvalue weighted by atomic mass is 16.3.